The molecule has 0 fully saturated rings. The van der Waals surface area contributed by atoms with Crippen LogP contribution in [0.3, 0.4) is 0 Å². The number of rotatable bonds is 1. The minimum absolute atomic E-state index is 1.08. The zero-order chi connectivity index (χ0) is 10.9. The first-order valence-electron chi connectivity index (χ1n) is 5.08. The van der Waals surface area contributed by atoms with Crippen LogP contribution in [0.4, 0.5) is 0 Å². The van der Waals surface area contributed by atoms with Gasteiger partial charge in [-0.25, -0.2) is 0 Å². The molecule has 15 heavy (non-hydrogen) atoms. The van der Waals surface area contributed by atoms with Crippen molar-refractivity contribution in [3.63, 3.8) is 0 Å². The Morgan fingerprint density at radius 2 is 1.73 bits per heavy atom. The van der Waals surface area contributed by atoms with Crippen LogP contribution in [0, 0.1) is 6.92 Å². The van der Waals surface area contributed by atoms with Gasteiger partial charge < -0.3 is 0 Å². The molecule has 0 spiro atoms. The number of pyridine rings is 2. The van der Waals surface area contributed by atoms with Crippen molar-refractivity contribution in [3.8, 4) is 0 Å². The molecule has 78 valence electrons. The van der Waals surface area contributed by atoms with Crippen LogP contribution < -0.4 is 0 Å². The zero-order valence-electron chi connectivity index (χ0n) is 9.22. The summed E-state index contributed by atoms with van der Waals surface area (Å²) < 4.78 is 0. The smallest absolute Gasteiger partial charge is 0.0299 e. The van der Waals surface area contributed by atoms with Crippen molar-refractivity contribution in [1.82, 2.24) is 9.97 Å². The molecule has 0 aliphatic carbocycles. The summed E-state index contributed by atoms with van der Waals surface area (Å²) in [5.74, 6) is 0. The van der Waals surface area contributed by atoms with E-state index in [0.29, 0.717) is 0 Å². The van der Waals surface area contributed by atoms with E-state index in [-0.39, 0.29) is 0 Å². The molecule has 2 heteroatoms. The minimum atomic E-state index is 1.08. The molecule has 0 amide bonds. The van der Waals surface area contributed by atoms with Crippen molar-refractivity contribution in [2.75, 3.05) is 0 Å². The van der Waals surface area contributed by atoms with Crippen LogP contribution in [-0.2, 0) is 6.42 Å². The molecule has 2 heterocycles. The van der Waals surface area contributed by atoms with Crippen LogP contribution in [0.5, 0.6) is 0 Å². The maximum atomic E-state index is 3.96. The van der Waals surface area contributed by atoms with Crippen molar-refractivity contribution in [2.45, 2.75) is 20.3 Å². The number of nitrogens with zero attached hydrogens (tertiary/aromatic N) is 2. The predicted molar refractivity (Wildman–Crippen MR) is 62.6 cm³/mol. The molecule has 0 saturated carbocycles. The van der Waals surface area contributed by atoms with Crippen LogP contribution in [0.25, 0.3) is 0 Å². The van der Waals surface area contributed by atoms with E-state index in [4.69, 9.17) is 0 Å². The number of aromatic nitrogens is 2. The van der Waals surface area contributed by atoms with Crippen molar-refractivity contribution >= 4 is 0 Å². The highest BCUT2D eigenvalue weighted by Gasteiger charge is 1.81. The first-order valence-corrected chi connectivity index (χ1v) is 5.08. The third-order valence-corrected chi connectivity index (χ3v) is 1.98. The third-order valence-electron chi connectivity index (χ3n) is 1.98. The maximum absolute atomic E-state index is 3.96. The summed E-state index contributed by atoms with van der Waals surface area (Å²) in [5, 5.41) is 0. The van der Waals surface area contributed by atoms with Gasteiger partial charge in [0, 0.05) is 24.8 Å². The van der Waals surface area contributed by atoms with E-state index in [1.165, 1.54) is 11.1 Å². The predicted octanol–water partition coefficient (Wildman–Crippen LogP) is 3.03. The molecule has 0 aromatic carbocycles. The molecule has 2 rings (SSSR count). The van der Waals surface area contributed by atoms with Gasteiger partial charge in [0.15, 0.2) is 0 Å². The van der Waals surface area contributed by atoms with Gasteiger partial charge >= 0.3 is 0 Å². The van der Waals surface area contributed by atoms with Crippen molar-refractivity contribution in [1.29, 1.82) is 0 Å². The molecule has 2 aromatic heterocycles. The zero-order valence-corrected chi connectivity index (χ0v) is 9.22. The Labute approximate surface area is 91.0 Å². The number of hydrogen-bond acceptors (Lipinski definition) is 2. The lowest BCUT2D eigenvalue weighted by atomic mass is 10.2. The molecule has 0 aliphatic heterocycles. The fourth-order valence-electron chi connectivity index (χ4n) is 1.03. The second-order valence-corrected chi connectivity index (χ2v) is 3.24. The molecule has 0 unspecified atom stereocenters. The van der Waals surface area contributed by atoms with Crippen molar-refractivity contribution in [2.24, 2.45) is 0 Å². The van der Waals surface area contributed by atoms with E-state index >= 15 is 0 Å². The molecular weight excluding hydrogens is 184 g/mol. The highest BCUT2D eigenvalue weighted by molar-refractivity contribution is 5.07. The first kappa shape index (κ1) is 11.4. The van der Waals surface area contributed by atoms with Crippen molar-refractivity contribution in [3.05, 3.63) is 60.2 Å². The molecule has 0 N–H and O–H groups in total. The van der Waals surface area contributed by atoms with Gasteiger partial charge in [0.1, 0.15) is 0 Å². The molecule has 2 nitrogen and oxygen atoms in total. The second-order valence-electron chi connectivity index (χ2n) is 3.24. The summed E-state index contributed by atoms with van der Waals surface area (Å²) in [4.78, 5) is 7.80. The quantitative estimate of drug-likeness (QED) is 0.707. The fourth-order valence-corrected chi connectivity index (χ4v) is 1.03. The lowest BCUT2D eigenvalue weighted by molar-refractivity contribution is 1.10. The van der Waals surface area contributed by atoms with Crippen LogP contribution in [0.2, 0.25) is 0 Å². The van der Waals surface area contributed by atoms with Gasteiger partial charge in [-0.15, -0.1) is 0 Å². The van der Waals surface area contributed by atoms with Crippen LogP contribution in [0.1, 0.15) is 18.1 Å². The summed E-state index contributed by atoms with van der Waals surface area (Å²) in [6, 6.07) is 7.98. The van der Waals surface area contributed by atoms with E-state index in [1.54, 1.807) is 18.6 Å². The molecule has 0 aliphatic rings. The van der Waals surface area contributed by atoms with E-state index in [2.05, 4.69) is 23.0 Å². The lowest BCUT2D eigenvalue weighted by Crippen LogP contribution is -1.77. The van der Waals surface area contributed by atoms with E-state index in [0.717, 1.165) is 6.42 Å². The van der Waals surface area contributed by atoms with E-state index < -0.39 is 0 Å². The van der Waals surface area contributed by atoms with Gasteiger partial charge in [-0.1, -0.05) is 13.0 Å². The van der Waals surface area contributed by atoms with Gasteiger partial charge in [-0.2, -0.15) is 0 Å². The van der Waals surface area contributed by atoms with Crippen molar-refractivity contribution < 1.29 is 0 Å². The largest absolute Gasteiger partial charge is 0.265 e. The standard InChI is InChI=1S/C7H9N.C6H7N/c1-2-7-4-3-5-8-6-7;1-6-2-4-7-5-3-6/h3-6H,2H2,1H3;2-5H,1H3. The fraction of sp³-hybridized carbons (Fsp3) is 0.231. The molecule has 0 saturated heterocycles. The minimum Gasteiger partial charge on any atom is -0.265 e. The topological polar surface area (TPSA) is 25.8 Å². The molecule has 0 radical (unpaired) electrons. The van der Waals surface area contributed by atoms with Gasteiger partial charge in [0.2, 0.25) is 0 Å². The molecule has 2 aromatic rings. The molecular formula is C13H16N2. The van der Waals surface area contributed by atoms with E-state index in [1.807, 2.05) is 31.3 Å². The Kier molecular flexibility index (Phi) is 5.09. The van der Waals surface area contributed by atoms with Gasteiger partial charge in [0.25, 0.3) is 0 Å². The van der Waals surface area contributed by atoms with Gasteiger partial charge in [-0.3, -0.25) is 9.97 Å². The Morgan fingerprint density at radius 3 is 2.07 bits per heavy atom. The van der Waals surface area contributed by atoms with Crippen LogP contribution in [0.15, 0.2) is 49.1 Å². The summed E-state index contributed by atoms with van der Waals surface area (Å²) in [6.07, 6.45) is 8.33. The molecule has 0 atom stereocenters. The number of hydrogen-bond donors (Lipinski definition) is 0. The monoisotopic (exact) mass is 200 g/mol. The highest BCUT2D eigenvalue weighted by Crippen LogP contribution is 1.93. The Balaban J connectivity index is 0.000000151. The summed E-state index contributed by atoms with van der Waals surface area (Å²) in [7, 11) is 0. The SMILES string of the molecule is CCc1cccnc1.Cc1ccncc1. The Bertz CT molecular complexity index is 357. The maximum Gasteiger partial charge on any atom is 0.0299 e. The summed E-state index contributed by atoms with van der Waals surface area (Å²) in [6.45, 7) is 4.17. The Morgan fingerprint density at radius 1 is 1.00 bits per heavy atom. The highest BCUT2D eigenvalue weighted by atomic mass is 14.6. The molecule has 0 bridgehead atoms. The van der Waals surface area contributed by atoms with Crippen LogP contribution in [-0.4, -0.2) is 9.97 Å². The van der Waals surface area contributed by atoms with Gasteiger partial charge in [-0.05, 0) is 42.7 Å². The average molecular weight is 200 g/mol. The summed E-state index contributed by atoms with van der Waals surface area (Å²) >= 11 is 0. The van der Waals surface area contributed by atoms with Gasteiger partial charge in [0.05, 0.1) is 0 Å². The second kappa shape index (κ2) is 6.71. The lowest BCUT2D eigenvalue weighted by Gasteiger charge is -1.88. The van der Waals surface area contributed by atoms with E-state index in [9.17, 15) is 0 Å². The summed E-state index contributed by atoms with van der Waals surface area (Å²) in [5.41, 5.74) is 2.56. The first-order chi connectivity index (χ1) is 7.33. The third kappa shape index (κ3) is 4.91. The van der Waals surface area contributed by atoms with Crippen LogP contribution >= 0.6 is 0 Å². The Hall–Kier alpha value is -1.70. The average Bonchev–Trinajstić information content (AvgIpc) is 2.32. The normalized spacial score (nSPS) is 8.93. The number of aryl methyl sites for hydroxylation is 2.